The molecule has 0 bridgehead atoms. The molecule has 3 aromatic rings. The summed E-state index contributed by atoms with van der Waals surface area (Å²) >= 11 is 0. The van der Waals surface area contributed by atoms with Crippen molar-refractivity contribution in [3.8, 4) is 11.1 Å². The van der Waals surface area contributed by atoms with Crippen molar-refractivity contribution < 1.29 is 9.59 Å². The van der Waals surface area contributed by atoms with Gasteiger partial charge >= 0.3 is 0 Å². The van der Waals surface area contributed by atoms with Crippen molar-refractivity contribution in [2.45, 2.75) is 39.2 Å². The van der Waals surface area contributed by atoms with E-state index in [1.54, 1.807) is 0 Å². The lowest BCUT2D eigenvalue weighted by atomic mass is 9.94. The number of aryl methyl sites for hydroxylation is 2. The number of pyridine rings is 1. The lowest BCUT2D eigenvalue weighted by Gasteiger charge is -2.17. The minimum Gasteiger partial charge on any atom is -0.354 e. The zero-order chi connectivity index (χ0) is 20.4. The first-order chi connectivity index (χ1) is 14.0. The summed E-state index contributed by atoms with van der Waals surface area (Å²) in [7, 11) is 0. The van der Waals surface area contributed by atoms with Crippen LogP contribution in [-0.2, 0) is 4.79 Å². The van der Waals surface area contributed by atoms with Gasteiger partial charge in [-0.25, -0.2) is 0 Å². The van der Waals surface area contributed by atoms with Crippen LogP contribution in [0.5, 0.6) is 0 Å². The first-order valence-corrected chi connectivity index (χ1v) is 10.1. The molecule has 1 fully saturated rings. The lowest BCUT2D eigenvalue weighted by molar-refractivity contribution is -0.122. The predicted molar refractivity (Wildman–Crippen MR) is 115 cm³/mol. The van der Waals surface area contributed by atoms with Gasteiger partial charge in [0, 0.05) is 23.5 Å². The molecule has 1 atom stereocenters. The Hall–Kier alpha value is -3.21. The minimum atomic E-state index is -0.478. The van der Waals surface area contributed by atoms with E-state index < -0.39 is 6.04 Å². The van der Waals surface area contributed by atoms with Crippen molar-refractivity contribution in [1.29, 1.82) is 0 Å². The fraction of sp³-hybridized carbons (Fsp3) is 0.292. The maximum absolute atomic E-state index is 13.0. The first kappa shape index (κ1) is 19.1. The number of fused-ring (bicyclic) bond motifs is 1. The van der Waals surface area contributed by atoms with Crippen LogP contribution in [0.15, 0.2) is 48.5 Å². The number of carbonyl (C=O) groups excluding carboxylic acids is 2. The molecule has 1 unspecified atom stereocenters. The van der Waals surface area contributed by atoms with Gasteiger partial charge in [0.25, 0.3) is 5.91 Å². The molecule has 1 saturated heterocycles. The average molecular weight is 387 g/mol. The number of benzene rings is 2. The Morgan fingerprint density at radius 3 is 2.52 bits per heavy atom. The van der Waals surface area contributed by atoms with Gasteiger partial charge in [0.05, 0.1) is 0 Å². The second-order valence-corrected chi connectivity index (χ2v) is 7.66. The summed E-state index contributed by atoms with van der Waals surface area (Å²) in [6.45, 7) is 4.64. The van der Waals surface area contributed by atoms with Gasteiger partial charge in [-0.15, -0.1) is 0 Å². The molecule has 2 N–H and O–H groups in total. The van der Waals surface area contributed by atoms with E-state index in [0.29, 0.717) is 18.5 Å². The van der Waals surface area contributed by atoms with E-state index in [1.165, 1.54) is 0 Å². The zero-order valence-electron chi connectivity index (χ0n) is 16.8. The van der Waals surface area contributed by atoms with Gasteiger partial charge in [0.1, 0.15) is 6.04 Å². The average Bonchev–Trinajstić information content (AvgIpc) is 2.90. The largest absolute Gasteiger partial charge is 0.354 e. The fourth-order valence-corrected chi connectivity index (χ4v) is 4.05. The van der Waals surface area contributed by atoms with E-state index in [-0.39, 0.29) is 11.8 Å². The van der Waals surface area contributed by atoms with Gasteiger partial charge in [-0.2, -0.15) is 0 Å². The summed E-state index contributed by atoms with van der Waals surface area (Å²) in [5, 5.41) is 7.69. The number of aromatic nitrogens is 1. The van der Waals surface area contributed by atoms with Gasteiger partial charge in [-0.1, -0.05) is 30.3 Å². The van der Waals surface area contributed by atoms with Gasteiger partial charge in [-0.3, -0.25) is 14.6 Å². The van der Waals surface area contributed by atoms with Crippen LogP contribution in [-0.4, -0.2) is 29.4 Å². The van der Waals surface area contributed by atoms with Crippen LogP contribution in [0.4, 0.5) is 0 Å². The number of amides is 2. The summed E-state index contributed by atoms with van der Waals surface area (Å²) < 4.78 is 0. The highest BCUT2D eigenvalue weighted by Crippen LogP contribution is 2.31. The van der Waals surface area contributed by atoms with Gasteiger partial charge < -0.3 is 10.6 Å². The molecule has 1 aromatic heterocycles. The Balaban J connectivity index is 1.73. The third kappa shape index (κ3) is 3.99. The van der Waals surface area contributed by atoms with E-state index >= 15 is 0 Å². The minimum absolute atomic E-state index is 0.0977. The Labute approximate surface area is 170 Å². The van der Waals surface area contributed by atoms with Crippen molar-refractivity contribution >= 4 is 22.6 Å². The Morgan fingerprint density at radius 1 is 1.03 bits per heavy atom. The molecule has 2 aromatic carbocycles. The van der Waals surface area contributed by atoms with Crippen molar-refractivity contribution in [2.24, 2.45) is 0 Å². The second kappa shape index (κ2) is 8.03. The summed E-state index contributed by atoms with van der Waals surface area (Å²) in [5.41, 5.74) is 4.67. The quantitative estimate of drug-likeness (QED) is 0.716. The maximum Gasteiger partial charge on any atom is 0.252 e. The first-order valence-electron chi connectivity index (χ1n) is 10.1. The van der Waals surface area contributed by atoms with Gasteiger partial charge in [0.15, 0.2) is 0 Å². The standard InChI is InChI=1S/C24H25N3O2/c1-15-13-17(14-16(2)26-15)18-10-11-21(20-8-4-3-7-19(18)20)23(28)27-22-9-5-6-12-25-24(22)29/h3-4,7-8,10-11,13-14,22H,5-6,9,12H2,1-2H3,(H,25,29)(H,27,28). The number of carbonyl (C=O) groups is 2. The smallest absolute Gasteiger partial charge is 0.252 e. The molecule has 2 heterocycles. The van der Waals surface area contributed by atoms with Gasteiger partial charge in [0.2, 0.25) is 5.91 Å². The van der Waals surface area contributed by atoms with E-state index in [9.17, 15) is 9.59 Å². The third-order valence-corrected chi connectivity index (χ3v) is 5.40. The molecular weight excluding hydrogens is 362 g/mol. The van der Waals surface area contributed by atoms with Crippen LogP contribution in [0, 0.1) is 13.8 Å². The molecular formula is C24H25N3O2. The molecule has 29 heavy (non-hydrogen) atoms. The van der Waals surface area contributed by atoms with Crippen molar-refractivity contribution in [3.05, 3.63) is 65.5 Å². The van der Waals surface area contributed by atoms with Crippen molar-refractivity contribution in [2.75, 3.05) is 6.54 Å². The molecule has 0 radical (unpaired) electrons. The van der Waals surface area contributed by atoms with Gasteiger partial charge in [-0.05, 0) is 73.2 Å². The van der Waals surface area contributed by atoms with Crippen LogP contribution in [0.2, 0.25) is 0 Å². The van der Waals surface area contributed by atoms with Crippen molar-refractivity contribution in [3.63, 3.8) is 0 Å². The molecule has 2 amide bonds. The highest BCUT2D eigenvalue weighted by Gasteiger charge is 2.24. The van der Waals surface area contributed by atoms with E-state index in [4.69, 9.17) is 0 Å². The monoisotopic (exact) mass is 387 g/mol. The molecule has 0 aliphatic carbocycles. The topological polar surface area (TPSA) is 71.1 Å². The summed E-state index contributed by atoms with van der Waals surface area (Å²) in [4.78, 5) is 29.7. The molecule has 0 saturated carbocycles. The number of hydrogen-bond donors (Lipinski definition) is 2. The molecule has 5 nitrogen and oxygen atoms in total. The molecule has 1 aliphatic heterocycles. The Kier molecular flexibility index (Phi) is 5.30. The summed E-state index contributed by atoms with van der Waals surface area (Å²) in [6, 6.07) is 15.4. The van der Waals surface area contributed by atoms with Crippen LogP contribution in [0.3, 0.4) is 0 Å². The Morgan fingerprint density at radius 2 is 1.76 bits per heavy atom. The molecule has 4 rings (SSSR count). The molecule has 1 aliphatic rings. The maximum atomic E-state index is 13.0. The lowest BCUT2D eigenvalue weighted by Crippen LogP contribution is -2.45. The zero-order valence-corrected chi connectivity index (χ0v) is 16.8. The summed E-state index contributed by atoms with van der Waals surface area (Å²) in [6.07, 6.45) is 2.54. The van der Waals surface area contributed by atoms with Crippen molar-refractivity contribution in [1.82, 2.24) is 15.6 Å². The predicted octanol–water partition coefficient (Wildman–Crippen LogP) is 3.92. The highest BCUT2D eigenvalue weighted by molar-refractivity contribution is 6.11. The number of nitrogens with one attached hydrogen (secondary N) is 2. The third-order valence-electron chi connectivity index (χ3n) is 5.40. The molecule has 5 heteroatoms. The van der Waals surface area contributed by atoms with Crippen LogP contribution >= 0.6 is 0 Å². The van der Waals surface area contributed by atoms with Crippen LogP contribution < -0.4 is 10.6 Å². The normalized spacial score (nSPS) is 16.9. The number of hydrogen-bond acceptors (Lipinski definition) is 3. The van der Waals surface area contributed by atoms with Crippen LogP contribution in [0.1, 0.15) is 41.0 Å². The SMILES string of the molecule is Cc1cc(-c2ccc(C(=O)NC3CCCCNC3=O)c3ccccc23)cc(C)n1. The second-order valence-electron chi connectivity index (χ2n) is 7.66. The Bertz CT molecular complexity index is 1070. The summed E-state index contributed by atoms with van der Waals surface area (Å²) in [5.74, 6) is -0.309. The molecule has 148 valence electrons. The number of nitrogens with zero attached hydrogens (tertiary/aromatic N) is 1. The highest BCUT2D eigenvalue weighted by atomic mass is 16.2. The van der Waals surface area contributed by atoms with E-state index in [0.717, 1.165) is 46.1 Å². The van der Waals surface area contributed by atoms with E-state index in [2.05, 4.69) is 27.8 Å². The molecule has 0 spiro atoms. The number of rotatable bonds is 3. The van der Waals surface area contributed by atoms with Crippen LogP contribution in [0.25, 0.3) is 21.9 Å². The van der Waals surface area contributed by atoms with E-state index in [1.807, 2.05) is 50.2 Å². The fourth-order valence-electron chi connectivity index (χ4n) is 4.05.